The van der Waals surface area contributed by atoms with E-state index in [1.807, 2.05) is 18.7 Å². The van der Waals surface area contributed by atoms with Crippen LogP contribution in [0.3, 0.4) is 0 Å². The van der Waals surface area contributed by atoms with Crippen LogP contribution in [0.1, 0.15) is 13.8 Å². The third-order valence-electron chi connectivity index (χ3n) is 3.52. The Balaban J connectivity index is 4.82. The van der Waals surface area contributed by atoms with Crippen LogP contribution in [0.2, 0.25) is 0 Å². The first-order valence-electron chi connectivity index (χ1n) is 8.53. The van der Waals surface area contributed by atoms with E-state index in [-0.39, 0.29) is 19.0 Å². The van der Waals surface area contributed by atoms with Gasteiger partial charge in [0.05, 0.1) is 26.2 Å². The van der Waals surface area contributed by atoms with E-state index in [9.17, 15) is 19.2 Å². The van der Waals surface area contributed by atoms with Crippen molar-refractivity contribution in [1.82, 2.24) is 14.7 Å². The maximum Gasteiger partial charge on any atom is 0.317 e. The van der Waals surface area contributed by atoms with Gasteiger partial charge in [-0.2, -0.15) is 0 Å². The zero-order chi connectivity index (χ0) is 21.0. The molecule has 0 aliphatic rings. The average Bonchev–Trinajstić information content (AvgIpc) is 2.46. The molecule has 11 heteroatoms. The SMILES string of the molecule is CC(C)CN(CCN(CC(=O)O)CC(=O)O)CCN(CC(=O)O)CC(=O)O. The van der Waals surface area contributed by atoms with Gasteiger partial charge in [0, 0.05) is 32.7 Å². The Morgan fingerprint density at radius 1 is 0.593 bits per heavy atom. The van der Waals surface area contributed by atoms with Crippen molar-refractivity contribution in [3.63, 3.8) is 0 Å². The topological polar surface area (TPSA) is 159 Å². The van der Waals surface area contributed by atoms with Crippen molar-refractivity contribution in [2.45, 2.75) is 13.8 Å². The minimum atomic E-state index is -1.12. The summed E-state index contributed by atoms with van der Waals surface area (Å²) in [5.74, 6) is -4.23. The van der Waals surface area contributed by atoms with Crippen LogP contribution < -0.4 is 0 Å². The normalized spacial score (nSPS) is 11.5. The van der Waals surface area contributed by atoms with Gasteiger partial charge < -0.3 is 25.3 Å². The van der Waals surface area contributed by atoms with E-state index >= 15 is 0 Å². The van der Waals surface area contributed by atoms with Gasteiger partial charge in [0.15, 0.2) is 0 Å². The van der Waals surface area contributed by atoms with Gasteiger partial charge in [-0.3, -0.25) is 29.0 Å². The van der Waals surface area contributed by atoms with E-state index in [0.29, 0.717) is 19.6 Å². The number of aliphatic carboxylic acids is 4. The summed E-state index contributed by atoms with van der Waals surface area (Å²) in [5, 5.41) is 35.5. The van der Waals surface area contributed by atoms with Crippen LogP contribution in [0.15, 0.2) is 0 Å². The first-order chi connectivity index (χ1) is 12.5. The molecule has 0 aliphatic carbocycles. The minimum Gasteiger partial charge on any atom is -0.480 e. The number of nitrogens with zero attached hydrogens (tertiary/aromatic N) is 3. The maximum absolute atomic E-state index is 10.9. The van der Waals surface area contributed by atoms with E-state index in [0.717, 1.165) is 0 Å². The molecule has 0 heterocycles. The highest BCUT2D eigenvalue weighted by molar-refractivity contribution is 5.73. The van der Waals surface area contributed by atoms with E-state index in [4.69, 9.17) is 20.4 Å². The summed E-state index contributed by atoms with van der Waals surface area (Å²) in [5.41, 5.74) is 0. The first-order valence-corrected chi connectivity index (χ1v) is 8.53. The van der Waals surface area contributed by atoms with Gasteiger partial charge >= 0.3 is 23.9 Å². The van der Waals surface area contributed by atoms with Gasteiger partial charge in [-0.05, 0) is 5.92 Å². The van der Waals surface area contributed by atoms with Crippen molar-refractivity contribution >= 4 is 23.9 Å². The zero-order valence-electron chi connectivity index (χ0n) is 15.7. The summed E-state index contributed by atoms with van der Waals surface area (Å²) in [6.07, 6.45) is 0. The lowest BCUT2D eigenvalue weighted by Crippen LogP contribution is -2.45. The fraction of sp³-hybridized carbons (Fsp3) is 0.750. The molecule has 0 spiro atoms. The van der Waals surface area contributed by atoms with Gasteiger partial charge in [0.2, 0.25) is 0 Å². The lowest BCUT2D eigenvalue weighted by atomic mass is 10.2. The van der Waals surface area contributed by atoms with Gasteiger partial charge in [-0.15, -0.1) is 0 Å². The van der Waals surface area contributed by atoms with E-state index in [1.54, 1.807) is 0 Å². The van der Waals surface area contributed by atoms with Crippen molar-refractivity contribution in [3.05, 3.63) is 0 Å². The fourth-order valence-electron chi connectivity index (χ4n) is 2.57. The molecule has 0 rings (SSSR count). The maximum atomic E-state index is 10.9. The Morgan fingerprint density at radius 2 is 0.852 bits per heavy atom. The Labute approximate surface area is 157 Å². The molecule has 0 fully saturated rings. The number of hydrogen-bond donors (Lipinski definition) is 4. The van der Waals surface area contributed by atoms with Gasteiger partial charge in [-0.25, -0.2) is 0 Å². The molecular weight excluding hydrogens is 362 g/mol. The number of rotatable bonds is 16. The molecule has 0 radical (unpaired) electrons. The Bertz CT molecular complexity index is 440. The van der Waals surface area contributed by atoms with Crippen molar-refractivity contribution < 1.29 is 39.6 Å². The van der Waals surface area contributed by atoms with Gasteiger partial charge in [0.25, 0.3) is 0 Å². The number of carbonyl (C=O) groups is 4. The Hall–Kier alpha value is -2.24. The molecular formula is C16H29N3O8. The van der Waals surface area contributed by atoms with Crippen LogP contribution in [-0.4, -0.2) is 118 Å². The summed E-state index contributed by atoms with van der Waals surface area (Å²) in [6.45, 7) is 4.18. The molecule has 27 heavy (non-hydrogen) atoms. The summed E-state index contributed by atoms with van der Waals surface area (Å²) >= 11 is 0. The van der Waals surface area contributed by atoms with Crippen LogP contribution >= 0.6 is 0 Å². The molecule has 11 nitrogen and oxygen atoms in total. The van der Waals surface area contributed by atoms with Crippen LogP contribution in [0.5, 0.6) is 0 Å². The lowest BCUT2D eigenvalue weighted by molar-refractivity contribution is -0.143. The van der Waals surface area contributed by atoms with Crippen LogP contribution in [0, 0.1) is 5.92 Å². The minimum absolute atomic E-state index is 0.211. The zero-order valence-corrected chi connectivity index (χ0v) is 15.7. The van der Waals surface area contributed by atoms with Crippen LogP contribution in [-0.2, 0) is 19.2 Å². The Morgan fingerprint density at radius 3 is 1.07 bits per heavy atom. The third kappa shape index (κ3) is 14.6. The molecule has 4 N–H and O–H groups in total. The van der Waals surface area contributed by atoms with Crippen molar-refractivity contribution in [2.75, 3.05) is 58.9 Å². The highest BCUT2D eigenvalue weighted by Crippen LogP contribution is 2.01. The second-order valence-electron chi connectivity index (χ2n) is 6.69. The standard InChI is InChI=1S/C16H29N3O8/c1-12(2)7-17(3-5-18(8-13(20)21)9-14(22)23)4-6-19(10-15(24)25)11-16(26)27/h12H,3-11H2,1-2H3,(H,20,21)(H,22,23)(H,24,25)(H,26,27). The second-order valence-corrected chi connectivity index (χ2v) is 6.69. The van der Waals surface area contributed by atoms with Gasteiger partial charge in [0.1, 0.15) is 0 Å². The highest BCUT2D eigenvalue weighted by atomic mass is 16.4. The number of hydrogen-bond acceptors (Lipinski definition) is 7. The summed E-state index contributed by atoms with van der Waals surface area (Å²) in [6, 6.07) is 0. The molecule has 0 aliphatic heterocycles. The lowest BCUT2D eigenvalue weighted by Gasteiger charge is -2.29. The average molecular weight is 391 g/mol. The molecule has 0 atom stereocenters. The second kappa shape index (κ2) is 13.0. The van der Waals surface area contributed by atoms with Crippen molar-refractivity contribution in [3.8, 4) is 0 Å². The molecule has 0 saturated carbocycles. The van der Waals surface area contributed by atoms with Gasteiger partial charge in [-0.1, -0.05) is 13.8 Å². The molecule has 0 bridgehead atoms. The smallest absolute Gasteiger partial charge is 0.317 e. The Kier molecular flexibility index (Phi) is 11.9. The van der Waals surface area contributed by atoms with Crippen LogP contribution in [0.4, 0.5) is 0 Å². The number of carboxylic acids is 4. The largest absolute Gasteiger partial charge is 0.480 e. The molecule has 0 unspecified atom stereocenters. The first kappa shape index (κ1) is 24.8. The molecule has 0 aromatic carbocycles. The van der Waals surface area contributed by atoms with Crippen molar-refractivity contribution in [1.29, 1.82) is 0 Å². The molecule has 0 aromatic heterocycles. The molecule has 0 amide bonds. The fourth-order valence-corrected chi connectivity index (χ4v) is 2.57. The van der Waals surface area contributed by atoms with E-state index in [2.05, 4.69) is 0 Å². The van der Waals surface area contributed by atoms with E-state index in [1.165, 1.54) is 9.80 Å². The molecule has 0 saturated heterocycles. The monoisotopic (exact) mass is 391 g/mol. The van der Waals surface area contributed by atoms with Crippen LogP contribution in [0.25, 0.3) is 0 Å². The summed E-state index contributed by atoms with van der Waals surface area (Å²) in [7, 11) is 0. The predicted molar refractivity (Wildman–Crippen MR) is 94.7 cm³/mol. The van der Waals surface area contributed by atoms with Crippen molar-refractivity contribution in [2.24, 2.45) is 5.92 Å². The quantitative estimate of drug-likeness (QED) is 0.252. The molecule has 156 valence electrons. The highest BCUT2D eigenvalue weighted by Gasteiger charge is 2.18. The predicted octanol–water partition coefficient (Wildman–Crippen LogP) is -1.11. The van der Waals surface area contributed by atoms with E-state index < -0.39 is 50.1 Å². The molecule has 0 aromatic rings. The summed E-state index contributed by atoms with van der Waals surface area (Å²) in [4.78, 5) is 48.0. The summed E-state index contributed by atoms with van der Waals surface area (Å²) < 4.78 is 0. The number of carboxylic acid groups (broad SMARTS) is 4. The third-order valence-corrected chi connectivity index (χ3v) is 3.52.